The summed E-state index contributed by atoms with van der Waals surface area (Å²) in [6.07, 6.45) is 0. The molecule has 6 N–H and O–H groups in total. The number of nitrogen functional groups attached to an aromatic ring is 2. The van der Waals surface area contributed by atoms with Gasteiger partial charge >= 0.3 is 0 Å². The maximum atomic E-state index is 7.86. The minimum Gasteiger partial charge on any atom is -0.497 e. The van der Waals surface area contributed by atoms with Crippen molar-refractivity contribution in [2.75, 3.05) is 7.11 Å². The third kappa shape index (κ3) is 4.56. The van der Waals surface area contributed by atoms with E-state index >= 15 is 0 Å². The molecule has 40 heavy (non-hydrogen) atoms. The number of rotatable bonds is 7. The first kappa shape index (κ1) is 24.9. The van der Waals surface area contributed by atoms with E-state index in [4.69, 9.17) is 27.0 Å². The molecule has 0 saturated carbocycles. The van der Waals surface area contributed by atoms with Crippen LogP contribution in [0.3, 0.4) is 0 Å². The van der Waals surface area contributed by atoms with Crippen molar-refractivity contribution in [3.63, 3.8) is 0 Å². The largest absolute Gasteiger partial charge is 0.497 e. The highest BCUT2D eigenvalue weighted by molar-refractivity contribution is 6.11. The van der Waals surface area contributed by atoms with E-state index in [2.05, 4.69) is 53.1 Å². The number of ether oxygens (including phenoxy) is 1. The van der Waals surface area contributed by atoms with Crippen molar-refractivity contribution in [3.8, 4) is 28.0 Å². The first-order valence-electron chi connectivity index (χ1n) is 13.0. The van der Waals surface area contributed by atoms with Crippen LogP contribution in [0.5, 0.6) is 5.75 Å². The number of methoxy groups -OCH3 is 1. The summed E-state index contributed by atoms with van der Waals surface area (Å²) in [4.78, 5) is 0. The third-order valence-corrected chi connectivity index (χ3v) is 7.35. The second-order valence-electron chi connectivity index (χ2n) is 9.89. The Kier molecular flexibility index (Phi) is 6.28. The Labute approximate surface area is 232 Å². The number of nitrogens with one attached hydrogen (secondary N) is 2. The molecule has 0 fully saturated rings. The molecular weight excluding hydrogens is 494 g/mol. The molecule has 6 nitrogen and oxygen atoms in total. The molecule has 0 aliphatic rings. The zero-order valence-corrected chi connectivity index (χ0v) is 22.1. The molecule has 1 heterocycles. The van der Waals surface area contributed by atoms with Gasteiger partial charge in [0.05, 0.1) is 7.11 Å². The van der Waals surface area contributed by atoms with Crippen LogP contribution in [0, 0.1) is 10.8 Å². The number of nitrogens with zero attached hydrogens (tertiary/aromatic N) is 1. The van der Waals surface area contributed by atoms with Crippen molar-refractivity contribution in [1.29, 1.82) is 10.8 Å². The summed E-state index contributed by atoms with van der Waals surface area (Å²) in [5.41, 5.74) is 20.5. The molecule has 0 aliphatic heterocycles. The number of benzene rings is 5. The summed E-state index contributed by atoms with van der Waals surface area (Å²) in [7, 11) is 1.69. The van der Waals surface area contributed by atoms with E-state index in [1.165, 1.54) is 0 Å². The molecule has 0 aliphatic carbocycles. The van der Waals surface area contributed by atoms with Crippen LogP contribution in [0.15, 0.2) is 109 Å². The first-order chi connectivity index (χ1) is 19.4. The van der Waals surface area contributed by atoms with Gasteiger partial charge in [-0.2, -0.15) is 0 Å². The third-order valence-electron chi connectivity index (χ3n) is 7.35. The molecule has 196 valence electrons. The van der Waals surface area contributed by atoms with Crippen LogP contribution in [0.1, 0.15) is 16.7 Å². The van der Waals surface area contributed by atoms with E-state index in [0.29, 0.717) is 17.7 Å². The molecule has 0 spiro atoms. The minimum absolute atomic E-state index is 0.0512. The Bertz CT molecular complexity index is 1820. The number of aromatic nitrogens is 1. The summed E-state index contributed by atoms with van der Waals surface area (Å²) in [5, 5.41) is 18.0. The molecule has 1 aromatic heterocycles. The lowest BCUT2D eigenvalue weighted by atomic mass is 9.98. The van der Waals surface area contributed by atoms with Crippen LogP contribution in [0.2, 0.25) is 0 Å². The lowest BCUT2D eigenvalue weighted by molar-refractivity contribution is 0.414. The van der Waals surface area contributed by atoms with Gasteiger partial charge in [0, 0.05) is 39.5 Å². The highest BCUT2D eigenvalue weighted by Gasteiger charge is 2.15. The van der Waals surface area contributed by atoms with Crippen molar-refractivity contribution in [1.82, 2.24) is 4.57 Å². The number of amidine groups is 2. The highest BCUT2D eigenvalue weighted by atomic mass is 16.5. The second-order valence-corrected chi connectivity index (χ2v) is 9.89. The molecule has 0 bridgehead atoms. The van der Waals surface area contributed by atoms with Gasteiger partial charge in [-0.3, -0.25) is 10.8 Å². The fraction of sp³-hybridized carbons (Fsp3) is 0.0588. The number of fused-ring (bicyclic) bond motifs is 3. The maximum Gasteiger partial charge on any atom is 0.122 e. The molecule has 6 rings (SSSR count). The van der Waals surface area contributed by atoms with Gasteiger partial charge in [-0.15, -0.1) is 0 Å². The number of hydrogen-bond donors (Lipinski definition) is 4. The van der Waals surface area contributed by atoms with Crippen LogP contribution in [0.25, 0.3) is 44.1 Å². The van der Waals surface area contributed by atoms with Crippen molar-refractivity contribution in [2.24, 2.45) is 11.5 Å². The Hall–Kier alpha value is -5.36. The minimum atomic E-state index is 0.0512. The lowest BCUT2D eigenvalue weighted by Gasteiger charge is -2.10. The summed E-state index contributed by atoms with van der Waals surface area (Å²) >= 11 is 0. The molecule has 0 radical (unpaired) electrons. The lowest BCUT2D eigenvalue weighted by Crippen LogP contribution is -2.10. The monoisotopic (exact) mass is 523 g/mol. The molecule has 6 aromatic rings. The predicted molar refractivity (Wildman–Crippen MR) is 164 cm³/mol. The van der Waals surface area contributed by atoms with Gasteiger partial charge in [-0.05, 0) is 76.3 Å². The molecule has 0 saturated heterocycles. The van der Waals surface area contributed by atoms with Crippen molar-refractivity contribution < 1.29 is 4.74 Å². The molecule has 0 atom stereocenters. The van der Waals surface area contributed by atoms with E-state index in [1.54, 1.807) is 7.11 Å². The van der Waals surface area contributed by atoms with Gasteiger partial charge in [0.25, 0.3) is 0 Å². The van der Waals surface area contributed by atoms with E-state index in [1.807, 2.05) is 60.7 Å². The van der Waals surface area contributed by atoms with Crippen LogP contribution in [-0.4, -0.2) is 23.3 Å². The summed E-state index contributed by atoms with van der Waals surface area (Å²) in [6, 6.07) is 36.7. The second kappa shape index (κ2) is 10.1. The molecule has 0 amide bonds. The smallest absolute Gasteiger partial charge is 0.122 e. The summed E-state index contributed by atoms with van der Waals surface area (Å²) in [6.45, 7) is 0.690. The predicted octanol–water partition coefficient (Wildman–Crippen LogP) is 6.75. The first-order valence-corrected chi connectivity index (χ1v) is 13.0. The van der Waals surface area contributed by atoms with Crippen molar-refractivity contribution >= 4 is 33.5 Å². The van der Waals surface area contributed by atoms with Crippen LogP contribution >= 0.6 is 0 Å². The van der Waals surface area contributed by atoms with Crippen molar-refractivity contribution in [2.45, 2.75) is 6.54 Å². The molecule has 6 heteroatoms. The zero-order valence-electron chi connectivity index (χ0n) is 22.1. The Morgan fingerprint density at radius 1 is 0.625 bits per heavy atom. The molecule has 5 aromatic carbocycles. The normalized spacial score (nSPS) is 11.1. The van der Waals surface area contributed by atoms with Gasteiger partial charge in [0.1, 0.15) is 17.4 Å². The van der Waals surface area contributed by atoms with E-state index in [0.717, 1.165) is 55.4 Å². The van der Waals surface area contributed by atoms with Crippen molar-refractivity contribution in [3.05, 3.63) is 126 Å². The fourth-order valence-electron chi connectivity index (χ4n) is 5.32. The van der Waals surface area contributed by atoms with Crippen LogP contribution < -0.4 is 16.2 Å². The van der Waals surface area contributed by atoms with Gasteiger partial charge < -0.3 is 20.8 Å². The maximum absolute atomic E-state index is 7.86. The van der Waals surface area contributed by atoms with E-state index in [-0.39, 0.29) is 11.7 Å². The number of nitrogens with two attached hydrogens (primary N) is 2. The van der Waals surface area contributed by atoms with Gasteiger partial charge in [-0.25, -0.2) is 0 Å². The van der Waals surface area contributed by atoms with Crippen LogP contribution in [-0.2, 0) is 6.54 Å². The molecule has 0 unspecified atom stereocenters. The molecular formula is C34H29N5O. The fourth-order valence-corrected chi connectivity index (χ4v) is 5.32. The summed E-state index contributed by atoms with van der Waals surface area (Å²) < 4.78 is 7.81. The van der Waals surface area contributed by atoms with Gasteiger partial charge in [0.15, 0.2) is 0 Å². The van der Waals surface area contributed by atoms with E-state index < -0.39 is 0 Å². The average Bonchev–Trinajstić information content (AvgIpc) is 3.29. The Morgan fingerprint density at radius 3 is 1.62 bits per heavy atom. The zero-order chi connectivity index (χ0) is 27.8. The van der Waals surface area contributed by atoms with Gasteiger partial charge in [-0.1, -0.05) is 60.7 Å². The Balaban J connectivity index is 1.56. The van der Waals surface area contributed by atoms with Crippen LogP contribution in [0.4, 0.5) is 0 Å². The quantitative estimate of drug-likeness (QED) is 0.137. The summed E-state index contributed by atoms with van der Waals surface area (Å²) in [5.74, 6) is 0.934. The average molecular weight is 524 g/mol. The Morgan fingerprint density at radius 2 is 1.12 bits per heavy atom. The number of hydrogen-bond acceptors (Lipinski definition) is 3. The van der Waals surface area contributed by atoms with Gasteiger partial charge in [0.2, 0.25) is 0 Å². The highest BCUT2D eigenvalue weighted by Crippen LogP contribution is 2.36. The SMILES string of the molecule is COc1cccc(Cn2c3ccc(-c4cccc(C(=N)N)c4)cc3c3cc(-c4cccc(C(=N)N)c4)ccc32)c1. The topological polar surface area (TPSA) is 114 Å². The standard InChI is InChI=1S/C34H29N5O/c1-40-28-10-2-5-21(15-28)20-39-31-13-11-24(22-6-3-8-26(16-22)33(35)36)18-29(31)30-19-25(12-14-32(30)39)23-7-4-9-27(17-23)34(37)38/h2-19H,20H2,1H3,(H3,35,36)(H3,37,38). The van der Waals surface area contributed by atoms with E-state index in [9.17, 15) is 0 Å².